The fourth-order valence-corrected chi connectivity index (χ4v) is 2.16. The second kappa shape index (κ2) is 4.40. The summed E-state index contributed by atoms with van der Waals surface area (Å²) in [5.74, 6) is 0.358. The minimum Gasteiger partial charge on any atom is -0.408 e. The molecule has 6 heteroatoms. The van der Waals surface area contributed by atoms with Crippen molar-refractivity contribution in [2.45, 2.75) is 6.42 Å². The van der Waals surface area contributed by atoms with Gasteiger partial charge in [0.15, 0.2) is 5.58 Å². The molecule has 0 bridgehead atoms. The molecular weight excluding hydrogens is 246 g/mol. The summed E-state index contributed by atoms with van der Waals surface area (Å²) < 4.78 is 6.89. The van der Waals surface area contributed by atoms with Gasteiger partial charge >= 0.3 is 5.76 Å². The largest absolute Gasteiger partial charge is 0.417 e. The van der Waals surface area contributed by atoms with E-state index in [1.807, 2.05) is 23.7 Å². The van der Waals surface area contributed by atoms with Gasteiger partial charge in [-0.15, -0.1) is 0 Å². The van der Waals surface area contributed by atoms with Crippen LogP contribution < -0.4 is 5.76 Å². The quantitative estimate of drug-likeness (QED) is 0.736. The van der Waals surface area contributed by atoms with Crippen LogP contribution in [0.3, 0.4) is 0 Å². The number of aliphatic hydroxyl groups excluding tert-OH is 1. The molecule has 2 aromatic heterocycles. The highest BCUT2D eigenvalue weighted by Gasteiger charge is 2.10. The van der Waals surface area contributed by atoms with Crippen molar-refractivity contribution in [2.75, 3.05) is 6.61 Å². The van der Waals surface area contributed by atoms with E-state index in [9.17, 15) is 4.79 Å². The van der Waals surface area contributed by atoms with E-state index in [1.54, 1.807) is 12.3 Å². The van der Waals surface area contributed by atoms with Gasteiger partial charge in [-0.25, -0.2) is 9.78 Å². The lowest BCUT2D eigenvalue weighted by Gasteiger charge is -2.05. The van der Waals surface area contributed by atoms with Crippen LogP contribution in [-0.2, 0) is 13.5 Å². The summed E-state index contributed by atoms with van der Waals surface area (Å²) in [6, 6.07) is 5.47. The molecule has 2 heterocycles. The normalized spacial score (nSPS) is 11.3. The second-order valence-corrected chi connectivity index (χ2v) is 4.32. The number of nitrogens with zero attached hydrogens (tertiary/aromatic N) is 2. The Bertz CT molecular complexity index is 782. The van der Waals surface area contributed by atoms with Gasteiger partial charge in [0.1, 0.15) is 5.82 Å². The van der Waals surface area contributed by atoms with Gasteiger partial charge in [-0.2, -0.15) is 0 Å². The van der Waals surface area contributed by atoms with Gasteiger partial charge in [-0.3, -0.25) is 4.98 Å². The Morgan fingerprint density at radius 3 is 3.11 bits per heavy atom. The van der Waals surface area contributed by atoms with Crippen molar-refractivity contribution in [1.82, 2.24) is 14.5 Å². The van der Waals surface area contributed by atoms with Gasteiger partial charge in [0, 0.05) is 19.0 Å². The minimum absolute atomic E-state index is 0.0678. The number of aliphatic hydroxyl groups is 1. The number of oxazole rings is 1. The summed E-state index contributed by atoms with van der Waals surface area (Å²) in [4.78, 5) is 18.0. The van der Waals surface area contributed by atoms with Crippen LogP contribution in [0.1, 0.15) is 5.82 Å². The molecule has 1 aromatic carbocycles. The first kappa shape index (κ1) is 11.7. The SMILES string of the molecule is Cn1c(-c2ccc3oc(=O)[nH]c3c2)cnc1CCO. The molecule has 6 nitrogen and oxygen atoms in total. The fourth-order valence-electron chi connectivity index (χ4n) is 2.16. The van der Waals surface area contributed by atoms with Crippen LogP contribution in [0.5, 0.6) is 0 Å². The van der Waals surface area contributed by atoms with Crippen molar-refractivity contribution in [3.05, 3.63) is 40.8 Å². The zero-order chi connectivity index (χ0) is 13.4. The van der Waals surface area contributed by atoms with Crippen molar-refractivity contribution >= 4 is 11.1 Å². The van der Waals surface area contributed by atoms with Gasteiger partial charge in [-0.05, 0) is 18.2 Å². The molecule has 0 aliphatic rings. The highest BCUT2D eigenvalue weighted by Crippen LogP contribution is 2.23. The lowest BCUT2D eigenvalue weighted by atomic mass is 10.1. The third kappa shape index (κ3) is 1.96. The average molecular weight is 259 g/mol. The van der Waals surface area contributed by atoms with Crippen molar-refractivity contribution in [3.63, 3.8) is 0 Å². The number of H-pyrrole nitrogens is 1. The lowest BCUT2D eigenvalue weighted by molar-refractivity contribution is 0.295. The van der Waals surface area contributed by atoms with Gasteiger partial charge < -0.3 is 14.1 Å². The molecule has 0 amide bonds. The predicted octanol–water partition coefficient (Wildman–Crippen LogP) is 1.06. The van der Waals surface area contributed by atoms with E-state index in [4.69, 9.17) is 9.52 Å². The minimum atomic E-state index is -0.460. The summed E-state index contributed by atoms with van der Waals surface area (Å²) in [6.07, 6.45) is 2.27. The average Bonchev–Trinajstić information content (AvgIpc) is 2.92. The highest BCUT2D eigenvalue weighted by atomic mass is 16.4. The van der Waals surface area contributed by atoms with E-state index < -0.39 is 5.76 Å². The number of imidazole rings is 1. The van der Waals surface area contributed by atoms with Crippen LogP contribution in [0.2, 0.25) is 0 Å². The zero-order valence-corrected chi connectivity index (χ0v) is 10.4. The topological polar surface area (TPSA) is 84.0 Å². The zero-order valence-electron chi connectivity index (χ0n) is 10.4. The van der Waals surface area contributed by atoms with Crippen LogP contribution in [0.4, 0.5) is 0 Å². The van der Waals surface area contributed by atoms with E-state index in [0.717, 1.165) is 17.1 Å². The van der Waals surface area contributed by atoms with E-state index >= 15 is 0 Å². The summed E-state index contributed by atoms with van der Waals surface area (Å²) in [5, 5.41) is 8.96. The number of hydrogen-bond acceptors (Lipinski definition) is 4. The summed E-state index contributed by atoms with van der Waals surface area (Å²) >= 11 is 0. The maximum atomic E-state index is 11.1. The number of benzene rings is 1. The number of hydrogen-bond donors (Lipinski definition) is 2. The molecule has 98 valence electrons. The smallest absolute Gasteiger partial charge is 0.408 e. The van der Waals surface area contributed by atoms with Gasteiger partial charge in [-0.1, -0.05) is 0 Å². The first-order chi connectivity index (χ1) is 9.19. The molecule has 3 rings (SSSR count). The first-order valence-corrected chi connectivity index (χ1v) is 5.94. The van der Waals surface area contributed by atoms with Crippen molar-refractivity contribution in [2.24, 2.45) is 7.05 Å². The molecule has 0 radical (unpaired) electrons. The summed E-state index contributed by atoms with van der Waals surface area (Å²) in [6.45, 7) is 0.0678. The number of nitrogens with one attached hydrogen (secondary N) is 1. The molecule has 0 aliphatic heterocycles. The Morgan fingerprint density at radius 2 is 2.32 bits per heavy atom. The van der Waals surface area contributed by atoms with Crippen molar-refractivity contribution in [1.29, 1.82) is 0 Å². The number of aromatic amines is 1. The van der Waals surface area contributed by atoms with E-state index in [2.05, 4.69) is 9.97 Å². The molecular formula is C13H13N3O3. The monoisotopic (exact) mass is 259 g/mol. The van der Waals surface area contributed by atoms with E-state index in [0.29, 0.717) is 17.5 Å². The van der Waals surface area contributed by atoms with E-state index in [-0.39, 0.29) is 6.61 Å². The molecule has 0 atom stereocenters. The standard InChI is InChI=1S/C13H13N3O3/c1-16-10(7-14-12(16)4-5-17)8-2-3-11-9(6-8)15-13(18)19-11/h2-3,6-7,17H,4-5H2,1H3,(H,15,18). The highest BCUT2D eigenvalue weighted by molar-refractivity contribution is 5.79. The van der Waals surface area contributed by atoms with Gasteiger partial charge in [0.05, 0.1) is 24.0 Å². The predicted molar refractivity (Wildman–Crippen MR) is 69.8 cm³/mol. The van der Waals surface area contributed by atoms with E-state index in [1.165, 1.54) is 0 Å². The van der Waals surface area contributed by atoms with Crippen LogP contribution in [0.25, 0.3) is 22.4 Å². The van der Waals surface area contributed by atoms with Gasteiger partial charge in [0.2, 0.25) is 0 Å². The van der Waals surface area contributed by atoms with Crippen LogP contribution in [0, 0.1) is 0 Å². The maximum Gasteiger partial charge on any atom is 0.417 e. The first-order valence-electron chi connectivity index (χ1n) is 5.94. The molecule has 2 N–H and O–H groups in total. The molecule has 0 aliphatic carbocycles. The Balaban J connectivity index is 2.10. The van der Waals surface area contributed by atoms with Crippen molar-refractivity contribution in [3.8, 4) is 11.3 Å². The molecule has 19 heavy (non-hydrogen) atoms. The molecule has 0 saturated carbocycles. The molecule has 0 spiro atoms. The summed E-state index contributed by atoms with van der Waals surface area (Å²) in [7, 11) is 1.90. The third-order valence-corrected chi connectivity index (χ3v) is 3.13. The molecule has 0 saturated heterocycles. The summed E-state index contributed by atoms with van der Waals surface area (Å²) in [5.41, 5.74) is 3.05. The third-order valence-electron chi connectivity index (χ3n) is 3.13. The van der Waals surface area contributed by atoms with Crippen LogP contribution in [0.15, 0.2) is 33.6 Å². The van der Waals surface area contributed by atoms with Crippen LogP contribution in [-0.4, -0.2) is 26.2 Å². The van der Waals surface area contributed by atoms with Gasteiger partial charge in [0.25, 0.3) is 0 Å². The number of rotatable bonds is 3. The lowest BCUT2D eigenvalue weighted by Crippen LogP contribution is -2.02. The Kier molecular flexibility index (Phi) is 2.72. The Morgan fingerprint density at radius 1 is 1.47 bits per heavy atom. The van der Waals surface area contributed by atoms with Crippen LogP contribution >= 0.6 is 0 Å². The molecule has 0 unspecified atom stereocenters. The maximum absolute atomic E-state index is 11.1. The Labute approximate surface area is 108 Å². The van der Waals surface area contributed by atoms with Crippen molar-refractivity contribution < 1.29 is 9.52 Å². The fraction of sp³-hybridized carbons (Fsp3) is 0.231. The Hall–Kier alpha value is -2.34. The molecule has 0 fully saturated rings. The number of aromatic nitrogens is 3. The number of fused-ring (bicyclic) bond motifs is 1. The second-order valence-electron chi connectivity index (χ2n) is 4.32. The molecule has 3 aromatic rings.